The van der Waals surface area contributed by atoms with Crippen LogP contribution >= 0.6 is 23.2 Å². The maximum absolute atomic E-state index is 13.5. The average molecular weight is 571 g/mol. The molecule has 2 aromatic rings. The van der Waals surface area contributed by atoms with E-state index in [4.69, 9.17) is 23.2 Å². The molecule has 0 aromatic heterocycles. The zero-order valence-electron chi connectivity index (χ0n) is 22.3. The van der Waals surface area contributed by atoms with Crippen LogP contribution in [0.3, 0.4) is 0 Å². The van der Waals surface area contributed by atoms with E-state index in [0.29, 0.717) is 27.7 Å². The molecular weight excluding hydrogens is 533 g/mol. The van der Waals surface area contributed by atoms with Gasteiger partial charge in [0.05, 0.1) is 11.9 Å². The third-order valence-corrected chi connectivity index (χ3v) is 7.46. The fourth-order valence-electron chi connectivity index (χ4n) is 3.99. The zero-order chi connectivity index (χ0) is 28.0. The molecule has 1 atom stereocenters. The van der Waals surface area contributed by atoms with Crippen molar-refractivity contribution < 1.29 is 18.0 Å². The summed E-state index contributed by atoms with van der Waals surface area (Å²) in [6, 6.07) is 11.5. The summed E-state index contributed by atoms with van der Waals surface area (Å²) in [5.74, 6) is -0.523. The third-order valence-electron chi connectivity index (χ3n) is 5.68. The average Bonchev–Trinajstić information content (AvgIpc) is 2.75. The maximum Gasteiger partial charge on any atom is 0.243 e. The molecule has 0 unspecified atom stereocenters. The van der Waals surface area contributed by atoms with Crippen molar-refractivity contribution in [3.63, 3.8) is 0 Å². The summed E-state index contributed by atoms with van der Waals surface area (Å²) in [5, 5.41) is 3.84. The number of amides is 2. The normalized spacial score (nSPS) is 12.6. The largest absolute Gasteiger partial charge is 0.350 e. The fraction of sp³-hybridized carbons (Fsp3) is 0.481. The van der Waals surface area contributed by atoms with Gasteiger partial charge in [-0.05, 0) is 75.9 Å². The van der Waals surface area contributed by atoms with Crippen LogP contribution in [0, 0.1) is 6.92 Å². The fourth-order valence-corrected chi connectivity index (χ4v) is 5.42. The van der Waals surface area contributed by atoms with Crippen molar-refractivity contribution in [2.45, 2.75) is 72.0 Å². The molecule has 10 heteroatoms. The van der Waals surface area contributed by atoms with Crippen LogP contribution in [0.15, 0.2) is 42.5 Å². The molecule has 0 saturated carbocycles. The van der Waals surface area contributed by atoms with Gasteiger partial charge in [-0.25, -0.2) is 8.42 Å². The number of aryl methyl sites for hydroxylation is 1. The molecule has 37 heavy (non-hydrogen) atoms. The van der Waals surface area contributed by atoms with Gasteiger partial charge in [-0.2, -0.15) is 0 Å². The first-order valence-electron chi connectivity index (χ1n) is 12.2. The molecule has 0 radical (unpaired) electrons. The number of nitrogens with zero attached hydrogens (tertiary/aromatic N) is 2. The van der Waals surface area contributed by atoms with Crippen LogP contribution in [0.4, 0.5) is 5.69 Å². The molecule has 0 spiro atoms. The number of nitrogens with one attached hydrogen (secondary N) is 1. The summed E-state index contributed by atoms with van der Waals surface area (Å²) < 4.78 is 26.3. The number of hydrogen-bond acceptors (Lipinski definition) is 4. The number of sulfonamides is 1. The smallest absolute Gasteiger partial charge is 0.243 e. The SMILES string of the molecule is CC[C@H](C(=O)NC(C)(C)C)N(Cc1ccc(Cl)cc1Cl)C(=O)CCCN(c1cccc(C)c1)S(C)(=O)=O. The predicted octanol–water partition coefficient (Wildman–Crippen LogP) is 5.57. The van der Waals surface area contributed by atoms with E-state index in [0.717, 1.165) is 11.8 Å². The Morgan fingerprint density at radius 3 is 2.30 bits per heavy atom. The molecule has 0 heterocycles. The third kappa shape index (κ3) is 9.51. The minimum absolute atomic E-state index is 0.0579. The quantitative estimate of drug-likeness (QED) is 0.383. The van der Waals surface area contributed by atoms with E-state index in [2.05, 4.69) is 5.32 Å². The number of hydrogen-bond donors (Lipinski definition) is 1. The monoisotopic (exact) mass is 569 g/mol. The van der Waals surface area contributed by atoms with Crippen LogP contribution in [0.25, 0.3) is 0 Å². The van der Waals surface area contributed by atoms with Gasteiger partial charge in [-0.15, -0.1) is 0 Å². The van der Waals surface area contributed by atoms with Gasteiger partial charge in [-0.1, -0.05) is 48.3 Å². The highest BCUT2D eigenvalue weighted by atomic mass is 35.5. The van der Waals surface area contributed by atoms with E-state index in [1.807, 2.05) is 40.7 Å². The maximum atomic E-state index is 13.5. The van der Waals surface area contributed by atoms with Crippen LogP contribution in [-0.4, -0.2) is 49.5 Å². The van der Waals surface area contributed by atoms with Gasteiger partial charge >= 0.3 is 0 Å². The molecule has 7 nitrogen and oxygen atoms in total. The van der Waals surface area contributed by atoms with E-state index in [-0.39, 0.29) is 37.7 Å². The molecule has 0 saturated heterocycles. The summed E-state index contributed by atoms with van der Waals surface area (Å²) in [4.78, 5) is 28.2. The molecule has 0 bridgehead atoms. The van der Waals surface area contributed by atoms with Crippen molar-refractivity contribution >= 4 is 50.7 Å². The first-order chi connectivity index (χ1) is 17.1. The van der Waals surface area contributed by atoms with E-state index in [1.54, 1.807) is 36.4 Å². The van der Waals surface area contributed by atoms with Crippen molar-refractivity contribution in [1.82, 2.24) is 10.2 Å². The lowest BCUT2D eigenvalue weighted by Crippen LogP contribution is -2.53. The second-order valence-corrected chi connectivity index (χ2v) is 12.9. The zero-order valence-corrected chi connectivity index (χ0v) is 24.7. The van der Waals surface area contributed by atoms with Crippen LogP contribution in [-0.2, 0) is 26.2 Å². The van der Waals surface area contributed by atoms with Crippen molar-refractivity contribution in [2.75, 3.05) is 17.1 Å². The van der Waals surface area contributed by atoms with E-state index >= 15 is 0 Å². The Kier molecular flexibility index (Phi) is 10.9. The van der Waals surface area contributed by atoms with Gasteiger partial charge in [0, 0.05) is 35.1 Å². The van der Waals surface area contributed by atoms with Gasteiger partial charge in [-0.3, -0.25) is 13.9 Å². The first kappa shape index (κ1) is 30.9. The molecular formula is C27H37Cl2N3O4S. The van der Waals surface area contributed by atoms with Gasteiger partial charge in [0.1, 0.15) is 6.04 Å². The molecule has 0 fully saturated rings. The number of halogens is 2. The number of rotatable bonds is 11. The second-order valence-electron chi connectivity index (χ2n) is 10.2. The molecule has 0 aliphatic heterocycles. The molecule has 2 amide bonds. The second kappa shape index (κ2) is 13.0. The minimum atomic E-state index is -3.55. The molecule has 2 aromatic carbocycles. The Bertz CT molecular complexity index is 1210. The van der Waals surface area contributed by atoms with Crippen LogP contribution in [0.2, 0.25) is 10.0 Å². The summed E-state index contributed by atoms with van der Waals surface area (Å²) in [6.45, 7) is 9.63. The van der Waals surface area contributed by atoms with E-state index in [1.165, 1.54) is 9.21 Å². The Morgan fingerprint density at radius 1 is 1.08 bits per heavy atom. The van der Waals surface area contributed by atoms with Gasteiger partial charge in [0.2, 0.25) is 21.8 Å². The van der Waals surface area contributed by atoms with E-state index in [9.17, 15) is 18.0 Å². The van der Waals surface area contributed by atoms with Crippen molar-refractivity contribution in [3.8, 4) is 0 Å². The van der Waals surface area contributed by atoms with Crippen LogP contribution in [0.1, 0.15) is 58.1 Å². The molecule has 0 aliphatic rings. The Labute approximate surface area is 231 Å². The number of carbonyl (C=O) groups excluding carboxylic acids is 2. The minimum Gasteiger partial charge on any atom is -0.350 e. The van der Waals surface area contributed by atoms with Gasteiger partial charge < -0.3 is 10.2 Å². The lowest BCUT2D eigenvalue weighted by Gasteiger charge is -2.33. The van der Waals surface area contributed by atoms with Crippen molar-refractivity contribution in [2.24, 2.45) is 0 Å². The summed E-state index contributed by atoms with van der Waals surface area (Å²) in [7, 11) is -3.55. The standard InChI is InChI=1S/C27H37Cl2N3O4S/c1-7-24(26(34)30-27(3,4)5)31(18-20-13-14-21(28)17-23(20)29)25(33)12-9-15-32(37(6,35)36)22-11-8-10-19(2)16-22/h8,10-11,13-14,16-17,24H,7,9,12,15,18H2,1-6H3,(H,30,34)/t24-/m1/s1. The highest BCUT2D eigenvalue weighted by Crippen LogP contribution is 2.25. The molecule has 204 valence electrons. The molecule has 0 aliphatic carbocycles. The summed E-state index contributed by atoms with van der Waals surface area (Å²) in [5.41, 5.74) is 1.68. The van der Waals surface area contributed by atoms with E-state index < -0.39 is 21.6 Å². The summed E-state index contributed by atoms with van der Waals surface area (Å²) >= 11 is 12.4. The first-order valence-corrected chi connectivity index (χ1v) is 14.8. The lowest BCUT2D eigenvalue weighted by atomic mass is 10.0. The number of anilines is 1. The molecule has 2 rings (SSSR count). The van der Waals surface area contributed by atoms with Crippen molar-refractivity contribution in [3.05, 3.63) is 63.6 Å². The summed E-state index contributed by atoms with van der Waals surface area (Å²) in [6.07, 6.45) is 1.89. The number of benzene rings is 2. The lowest BCUT2D eigenvalue weighted by molar-refractivity contribution is -0.142. The Balaban J connectivity index is 2.28. The Hall–Kier alpha value is -2.29. The van der Waals surface area contributed by atoms with Crippen LogP contribution in [0.5, 0.6) is 0 Å². The highest BCUT2D eigenvalue weighted by molar-refractivity contribution is 7.92. The molecule has 1 N–H and O–H groups in total. The van der Waals surface area contributed by atoms with Gasteiger partial charge in [0.15, 0.2) is 0 Å². The van der Waals surface area contributed by atoms with Crippen LogP contribution < -0.4 is 9.62 Å². The highest BCUT2D eigenvalue weighted by Gasteiger charge is 2.31. The van der Waals surface area contributed by atoms with Crippen molar-refractivity contribution in [1.29, 1.82) is 0 Å². The Morgan fingerprint density at radius 2 is 1.76 bits per heavy atom. The predicted molar refractivity (Wildman–Crippen MR) is 152 cm³/mol. The number of carbonyl (C=O) groups is 2. The topological polar surface area (TPSA) is 86.8 Å². The van der Waals surface area contributed by atoms with Gasteiger partial charge in [0.25, 0.3) is 0 Å².